The average molecular weight is 282 g/mol. The highest BCUT2D eigenvalue weighted by atomic mass is 16.6. The molecule has 0 bridgehead atoms. The van der Waals surface area contributed by atoms with Gasteiger partial charge in [-0.1, -0.05) is 39.7 Å². The molecule has 6 heteroatoms. The van der Waals surface area contributed by atoms with Crippen molar-refractivity contribution < 1.29 is 9.53 Å². The molecular formula is C14H26N4O2. The molecule has 6 nitrogen and oxygen atoms in total. The van der Waals surface area contributed by atoms with E-state index in [1.807, 2.05) is 6.92 Å². The molecular weight excluding hydrogens is 256 g/mol. The van der Waals surface area contributed by atoms with Crippen LogP contribution in [0, 0.1) is 16.2 Å². The first-order valence-corrected chi connectivity index (χ1v) is 6.93. The first-order chi connectivity index (χ1) is 8.93. The lowest BCUT2D eigenvalue weighted by Crippen LogP contribution is -2.55. The molecule has 20 heavy (non-hydrogen) atoms. The lowest BCUT2D eigenvalue weighted by atomic mass is 9.53. The number of azide groups is 1. The third kappa shape index (κ3) is 2.22. The van der Waals surface area contributed by atoms with Crippen LogP contribution in [-0.4, -0.2) is 18.2 Å². The minimum atomic E-state index is -0.755. The molecule has 0 radical (unpaired) electrons. The minimum absolute atomic E-state index is 0.0938. The second-order valence-electron chi connectivity index (χ2n) is 7.50. The van der Waals surface area contributed by atoms with Crippen molar-refractivity contribution in [1.82, 2.24) is 0 Å². The van der Waals surface area contributed by atoms with Gasteiger partial charge in [-0.05, 0) is 36.1 Å². The Morgan fingerprint density at radius 2 is 1.90 bits per heavy atom. The Labute approximate surface area is 120 Å². The molecule has 1 saturated carbocycles. The second-order valence-corrected chi connectivity index (χ2v) is 7.50. The smallest absolute Gasteiger partial charge is 0.405 e. The van der Waals surface area contributed by atoms with Gasteiger partial charge in [-0.2, -0.15) is 0 Å². The summed E-state index contributed by atoms with van der Waals surface area (Å²) in [5.41, 5.74) is 12.6. The summed E-state index contributed by atoms with van der Waals surface area (Å²) >= 11 is 0. The second kappa shape index (κ2) is 4.85. The summed E-state index contributed by atoms with van der Waals surface area (Å²) in [6.45, 7) is 12.9. The van der Waals surface area contributed by atoms with E-state index in [4.69, 9.17) is 16.0 Å². The lowest BCUT2D eigenvalue weighted by Gasteiger charge is -2.54. The third-order valence-corrected chi connectivity index (χ3v) is 5.71. The van der Waals surface area contributed by atoms with Crippen molar-refractivity contribution in [1.29, 1.82) is 0 Å². The van der Waals surface area contributed by atoms with Crippen LogP contribution in [0.5, 0.6) is 0 Å². The molecule has 0 saturated heterocycles. The fourth-order valence-electron chi connectivity index (χ4n) is 3.96. The third-order valence-electron chi connectivity index (χ3n) is 5.71. The zero-order chi connectivity index (χ0) is 15.8. The van der Waals surface area contributed by atoms with Crippen molar-refractivity contribution in [3.8, 4) is 0 Å². The Morgan fingerprint density at radius 1 is 1.35 bits per heavy atom. The van der Waals surface area contributed by atoms with Gasteiger partial charge in [0.15, 0.2) is 0 Å². The van der Waals surface area contributed by atoms with E-state index in [0.29, 0.717) is 13.0 Å². The first-order valence-electron chi connectivity index (χ1n) is 6.93. The number of nitrogens with two attached hydrogens (primary N) is 1. The van der Waals surface area contributed by atoms with Crippen LogP contribution in [0.4, 0.5) is 4.79 Å². The molecule has 0 aromatic rings. The van der Waals surface area contributed by atoms with Gasteiger partial charge in [0.2, 0.25) is 0 Å². The predicted octanol–water partition coefficient (Wildman–Crippen LogP) is 4.00. The van der Waals surface area contributed by atoms with E-state index >= 15 is 0 Å². The van der Waals surface area contributed by atoms with Crippen LogP contribution < -0.4 is 5.73 Å². The van der Waals surface area contributed by atoms with E-state index in [0.717, 1.165) is 6.42 Å². The maximum absolute atomic E-state index is 11.2. The van der Waals surface area contributed by atoms with Crippen molar-refractivity contribution in [3.63, 3.8) is 0 Å². The van der Waals surface area contributed by atoms with Gasteiger partial charge in [0, 0.05) is 16.9 Å². The van der Waals surface area contributed by atoms with Crippen molar-refractivity contribution in [2.45, 2.75) is 60.0 Å². The van der Waals surface area contributed by atoms with Crippen LogP contribution in [0.1, 0.15) is 54.4 Å². The van der Waals surface area contributed by atoms with Crippen molar-refractivity contribution >= 4 is 6.09 Å². The summed E-state index contributed by atoms with van der Waals surface area (Å²) in [6, 6.07) is 0. The Morgan fingerprint density at radius 3 is 2.30 bits per heavy atom. The molecule has 0 aliphatic heterocycles. The highest BCUT2D eigenvalue weighted by molar-refractivity contribution is 5.65. The number of rotatable bonds is 3. The standard InChI is InChI=1S/C14H26N4O2/c1-11(2,3)14(9-17-18-16)8-7-13(6,12(14,4)5)20-10(15)19/h7-9H2,1-6H3,(H2,15,19)/t13-,14+/m1/s1. The van der Waals surface area contributed by atoms with Crippen molar-refractivity contribution in [2.75, 3.05) is 6.54 Å². The molecule has 1 rings (SSSR count). The molecule has 2 atom stereocenters. The summed E-state index contributed by atoms with van der Waals surface area (Å²) in [7, 11) is 0. The molecule has 2 N–H and O–H groups in total. The summed E-state index contributed by atoms with van der Waals surface area (Å²) in [4.78, 5) is 14.2. The normalized spacial score (nSPS) is 32.5. The number of carbonyl (C=O) groups is 1. The summed E-state index contributed by atoms with van der Waals surface area (Å²) in [5, 5.41) is 3.84. The van der Waals surface area contributed by atoms with Gasteiger partial charge < -0.3 is 10.5 Å². The summed E-state index contributed by atoms with van der Waals surface area (Å²) in [5.74, 6) is 0. The number of ether oxygens (including phenoxy) is 1. The SMILES string of the molecule is CC(C)(C)[C@@]1(CN=[N+]=[N-])CC[C@@](C)(OC(N)=O)C1(C)C. The number of primary amides is 1. The number of hydrogen-bond acceptors (Lipinski definition) is 3. The largest absolute Gasteiger partial charge is 0.443 e. The van der Waals surface area contributed by atoms with Crippen LogP contribution >= 0.6 is 0 Å². The van der Waals surface area contributed by atoms with Crippen molar-refractivity contribution in [3.05, 3.63) is 10.4 Å². The van der Waals surface area contributed by atoms with E-state index < -0.39 is 11.7 Å². The van der Waals surface area contributed by atoms with Crippen LogP contribution in [0.25, 0.3) is 10.4 Å². The molecule has 0 heterocycles. The zero-order valence-electron chi connectivity index (χ0n) is 13.4. The quantitative estimate of drug-likeness (QED) is 0.480. The molecule has 1 aliphatic carbocycles. The van der Waals surface area contributed by atoms with Gasteiger partial charge in [-0.25, -0.2) is 4.79 Å². The number of nitrogens with zero attached hydrogens (tertiary/aromatic N) is 3. The minimum Gasteiger partial charge on any atom is -0.443 e. The summed E-state index contributed by atoms with van der Waals surface area (Å²) in [6.07, 6.45) is 0.780. The van der Waals surface area contributed by atoms with E-state index in [-0.39, 0.29) is 16.2 Å². The van der Waals surface area contributed by atoms with E-state index in [2.05, 4.69) is 44.6 Å². The Kier molecular flexibility index (Phi) is 4.03. The van der Waals surface area contributed by atoms with E-state index in [1.54, 1.807) is 0 Å². The maximum Gasteiger partial charge on any atom is 0.405 e. The summed E-state index contributed by atoms with van der Waals surface area (Å²) < 4.78 is 5.45. The first kappa shape index (κ1) is 16.6. The molecule has 0 unspecified atom stereocenters. The zero-order valence-corrected chi connectivity index (χ0v) is 13.4. The number of carbonyl (C=O) groups excluding carboxylic acids is 1. The van der Waals surface area contributed by atoms with Crippen LogP contribution in [-0.2, 0) is 4.74 Å². The van der Waals surface area contributed by atoms with E-state index in [1.165, 1.54) is 0 Å². The van der Waals surface area contributed by atoms with Gasteiger partial charge in [0.25, 0.3) is 0 Å². The van der Waals surface area contributed by atoms with Crippen molar-refractivity contribution in [2.24, 2.45) is 27.1 Å². The Hall–Kier alpha value is -1.42. The molecule has 114 valence electrons. The lowest BCUT2D eigenvalue weighted by molar-refractivity contribution is -0.110. The van der Waals surface area contributed by atoms with Gasteiger partial charge in [0.05, 0.1) is 0 Å². The average Bonchev–Trinajstić information content (AvgIpc) is 2.44. The number of amides is 1. The highest BCUT2D eigenvalue weighted by Gasteiger charge is 2.65. The fourth-order valence-corrected chi connectivity index (χ4v) is 3.96. The van der Waals surface area contributed by atoms with Gasteiger partial charge >= 0.3 is 6.09 Å². The molecule has 1 fully saturated rings. The van der Waals surface area contributed by atoms with Crippen LogP contribution in [0.2, 0.25) is 0 Å². The molecule has 1 amide bonds. The van der Waals surface area contributed by atoms with Gasteiger partial charge in [-0.3, -0.25) is 0 Å². The topological polar surface area (TPSA) is 101 Å². The fraction of sp³-hybridized carbons (Fsp3) is 0.929. The van der Waals surface area contributed by atoms with Gasteiger partial charge in [0.1, 0.15) is 5.60 Å². The predicted molar refractivity (Wildman–Crippen MR) is 78.0 cm³/mol. The molecule has 0 aromatic carbocycles. The van der Waals surface area contributed by atoms with Gasteiger partial charge in [-0.15, -0.1) is 0 Å². The van der Waals surface area contributed by atoms with Crippen LogP contribution in [0.15, 0.2) is 5.11 Å². The van der Waals surface area contributed by atoms with Crippen LogP contribution in [0.3, 0.4) is 0 Å². The maximum atomic E-state index is 11.2. The monoisotopic (exact) mass is 282 g/mol. The molecule has 0 spiro atoms. The highest BCUT2D eigenvalue weighted by Crippen LogP contribution is 2.66. The molecule has 1 aliphatic rings. The van der Waals surface area contributed by atoms with E-state index in [9.17, 15) is 4.79 Å². The molecule has 0 aromatic heterocycles. The number of hydrogen-bond donors (Lipinski definition) is 1. The Bertz CT molecular complexity index is 449. The Balaban J connectivity index is 3.35.